The maximum absolute atomic E-state index is 12.2. The van der Waals surface area contributed by atoms with Crippen LogP contribution in [0.4, 0.5) is 0 Å². The summed E-state index contributed by atoms with van der Waals surface area (Å²) in [6, 6.07) is 8.68. The number of hydrogen-bond acceptors (Lipinski definition) is 4. The third kappa shape index (κ3) is 6.02. The summed E-state index contributed by atoms with van der Waals surface area (Å²) in [5.74, 6) is 5.46. The smallest absolute Gasteiger partial charge is 0.159 e. The largest absolute Gasteiger partial charge is 0.302 e. The van der Waals surface area contributed by atoms with E-state index < -0.39 is 0 Å². The molecule has 1 aromatic rings. The summed E-state index contributed by atoms with van der Waals surface area (Å²) in [6.45, 7) is 10.8. The molecular weight excluding hydrogens is 300 g/mol. The molecule has 1 aliphatic rings. The van der Waals surface area contributed by atoms with E-state index in [-0.39, 0.29) is 12.0 Å². The maximum Gasteiger partial charge on any atom is 0.159 e. The van der Waals surface area contributed by atoms with Crippen molar-refractivity contribution in [1.29, 1.82) is 0 Å². The number of hydrogen-bond donors (Lipinski definition) is 2. The van der Waals surface area contributed by atoms with Gasteiger partial charge in [-0.1, -0.05) is 56.2 Å². The summed E-state index contributed by atoms with van der Waals surface area (Å²) < 4.78 is 0. The molecule has 24 heavy (non-hydrogen) atoms. The molecular formula is C20H30N2O2. The van der Waals surface area contributed by atoms with Crippen molar-refractivity contribution in [3.63, 3.8) is 0 Å². The minimum atomic E-state index is 0.0826. The molecule has 132 valence electrons. The lowest BCUT2D eigenvalue weighted by Crippen LogP contribution is -2.24. The van der Waals surface area contributed by atoms with Crippen LogP contribution in [0, 0.1) is 12.3 Å². The van der Waals surface area contributed by atoms with E-state index in [4.69, 9.17) is 0 Å². The van der Waals surface area contributed by atoms with Crippen molar-refractivity contribution in [2.24, 2.45) is 11.3 Å². The molecule has 2 rings (SSSR count). The normalized spacial score (nSPS) is 16.8. The molecule has 0 heterocycles. The van der Waals surface area contributed by atoms with Gasteiger partial charge >= 0.3 is 0 Å². The first kappa shape index (κ1) is 20.3. The first-order valence-electron chi connectivity index (χ1n) is 8.36. The number of benzene rings is 1. The molecule has 0 amide bonds. The maximum atomic E-state index is 12.2. The summed E-state index contributed by atoms with van der Waals surface area (Å²) in [5, 5.41) is 0. The predicted octanol–water partition coefficient (Wildman–Crippen LogP) is 3.45. The molecule has 1 aromatic carbocycles. The molecule has 0 spiro atoms. The highest BCUT2D eigenvalue weighted by atomic mass is 16.1. The fourth-order valence-corrected chi connectivity index (χ4v) is 2.73. The van der Waals surface area contributed by atoms with Crippen molar-refractivity contribution in [3.05, 3.63) is 46.5 Å². The zero-order valence-electron chi connectivity index (χ0n) is 15.5. The number of aldehydes is 1. The summed E-state index contributed by atoms with van der Waals surface area (Å²) in [5.41, 5.74) is 7.21. The van der Waals surface area contributed by atoms with Crippen LogP contribution in [0.25, 0.3) is 0 Å². The molecule has 0 aliphatic heterocycles. The first-order chi connectivity index (χ1) is 11.2. The number of ketones is 1. The average Bonchev–Trinajstić information content (AvgIpc) is 2.47. The summed E-state index contributed by atoms with van der Waals surface area (Å²) in [6.07, 6.45) is 2.27. The number of allylic oxidation sites excluding steroid dienone is 2. The fraction of sp³-hybridized carbons (Fsp3) is 0.500. The van der Waals surface area contributed by atoms with Crippen molar-refractivity contribution < 1.29 is 9.59 Å². The first-order valence-corrected chi connectivity index (χ1v) is 8.36. The van der Waals surface area contributed by atoms with E-state index in [9.17, 15) is 9.59 Å². The average molecular weight is 330 g/mol. The Morgan fingerprint density at radius 3 is 2.21 bits per heavy atom. The van der Waals surface area contributed by atoms with E-state index in [0.29, 0.717) is 24.4 Å². The third-order valence-corrected chi connectivity index (χ3v) is 4.12. The van der Waals surface area contributed by atoms with E-state index in [0.717, 1.165) is 12.0 Å². The second kappa shape index (κ2) is 8.90. The zero-order valence-corrected chi connectivity index (χ0v) is 15.5. The lowest BCUT2D eigenvalue weighted by atomic mass is 9.71. The molecule has 0 saturated carbocycles. The highest BCUT2D eigenvalue weighted by Crippen LogP contribution is 2.43. The zero-order chi connectivity index (χ0) is 18.3. The highest BCUT2D eigenvalue weighted by Gasteiger charge is 2.32. The second-order valence-corrected chi connectivity index (χ2v) is 7.56. The van der Waals surface area contributed by atoms with Gasteiger partial charge in [-0.3, -0.25) is 16.1 Å². The molecule has 4 heteroatoms. The molecule has 3 N–H and O–H groups in total. The Hall–Kier alpha value is -1.78. The van der Waals surface area contributed by atoms with Crippen LogP contribution in [0.1, 0.15) is 57.6 Å². The van der Waals surface area contributed by atoms with Gasteiger partial charge in [0.25, 0.3) is 0 Å². The molecule has 0 fully saturated rings. The Bertz CT molecular complexity index is 595. The van der Waals surface area contributed by atoms with Crippen LogP contribution < -0.4 is 11.3 Å². The van der Waals surface area contributed by atoms with Crippen LogP contribution in [-0.2, 0) is 9.59 Å². The van der Waals surface area contributed by atoms with Crippen LogP contribution in [0.15, 0.2) is 35.4 Å². The van der Waals surface area contributed by atoms with E-state index in [2.05, 4.69) is 70.2 Å². The number of Topliss-reactive ketones (excluding diaryl/α,β-unsaturated/α-hetero) is 1. The molecule has 1 aliphatic carbocycles. The number of hydrazine groups is 1. The van der Waals surface area contributed by atoms with E-state index in [1.54, 1.807) is 0 Å². The minimum Gasteiger partial charge on any atom is -0.302 e. The van der Waals surface area contributed by atoms with Gasteiger partial charge in [-0.05, 0) is 36.8 Å². The number of carbonyl (C=O) groups is 2. The fourth-order valence-electron chi connectivity index (χ4n) is 2.73. The predicted molar refractivity (Wildman–Crippen MR) is 98.6 cm³/mol. The van der Waals surface area contributed by atoms with Crippen molar-refractivity contribution in [2.45, 2.75) is 53.4 Å². The van der Waals surface area contributed by atoms with Crippen LogP contribution in [-0.4, -0.2) is 18.6 Å². The lowest BCUT2D eigenvalue weighted by molar-refractivity contribution is -0.117. The third-order valence-electron chi connectivity index (χ3n) is 4.12. The summed E-state index contributed by atoms with van der Waals surface area (Å²) >= 11 is 0. The van der Waals surface area contributed by atoms with Crippen LogP contribution in [0.2, 0.25) is 0 Å². The lowest BCUT2D eigenvalue weighted by Gasteiger charge is -2.32. The number of aryl methyl sites for hydroxylation is 1. The Labute approximate surface area is 145 Å². The van der Waals surface area contributed by atoms with E-state index in [1.165, 1.54) is 16.7 Å². The monoisotopic (exact) mass is 330 g/mol. The molecule has 0 saturated heterocycles. The van der Waals surface area contributed by atoms with E-state index >= 15 is 0 Å². The van der Waals surface area contributed by atoms with Gasteiger partial charge in [0, 0.05) is 12.3 Å². The number of carbonyl (C=O) groups excluding carboxylic acids is 2. The van der Waals surface area contributed by atoms with Crippen LogP contribution in [0.3, 0.4) is 0 Å². The summed E-state index contributed by atoms with van der Waals surface area (Å²) in [4.78, 5) is 21.5. The van der Waals surface area contributed by atoms with Gasteiger partial charge in [0.15, 0.2) is 5.78 Å². The van der Waals surface area contributed by atoms with Gasteiger partial charge in [0.2, 0.25) is 0 Å². The number of nitrogens with one attached hydrogen (secondary N) is 1. The van der Waals surface area contributed by atoms with Gasteiger partial charge in [-0.15, -0.1) is 0 Å². The van der Waals surface area contributed by atoms with Gasteiger partial charge < -0.3 is 4.79 Å². The van der Waals surface area contributed by atoms with Gasteiger partial charge in [0.1, 0.15) is 6.29 Å². The topological polar surface area (TPSA) is 72.2 Å². The van der Waals surface area contributed by atoms with Crippen molar-refractivity contribution in [2.75, 3.05) is 6.54 Å². The van der Waals surface area contributed by atoms with Gasteiger partial charge in [0.05, 0.1) is 6.54 Å². The summed E-state index contributed by atoms with van der Waals surface area (Å²) in [7, 11) is 0. The molecule has 0 aromatic heterocycles. The minimum absolute atomic E-state index is 0.0826. The SMILES string of the molecule is CC1=C(C(=O)CC(C)(C)C)CC1c1ccc(C)cc1.NNCC=O. The number of rotatable bonds is 5. The Kier molecular flexibility index (Phi) is 7.52. The standard InChI is InChI=1S/C18H24O.C2H6N2O/c1-12-6-8-14(9-7-12)15-10-16(13(15)2)17(19)11-18(3,4)5;3-4-1-2-5/h6-9,15H,10-11H2,1-5H3;2,4H,1,3H2. The second-order valence-electron chi connectivity index (χ2n) is 7.56. The molecule has 1 atom stereocenters. The Morgan fingerprint density at radius 1 is 1.25 bits per heavy atom. The Morgan fingerprint density at radius 2 is 1.83 bits per heavy atom. The molecule has 1 unspecified atom stereocenters. The molecule has 0 radical (unpaired) electrons. The van der Waals surface area contributed by atoms with Crippen LogP contribution >= 0.6 is 0 Å². The Balaban J connectivity index is 0.000000505. The quantitative estimate of drug-likeness (QED) is 0.493. The molecule has 4 nitrogen and oxygen atoms in total. The van der Waals surface area contributed by atoms with Crippen molar-refractivity contribution >= 4 is 12.1 Å². The molecule has 0 bridgehead atoms. The van der Waals surface area contributed by atoms with Gasteiger partial charge in [-0.2, -0.15) is 0 Å². The van der Waals surface area contributed by atoms with Crippen molar-refractivity contribution in [1.82, 2.24) is 5.43 Å². The van der Waals surface area contributed by atoms with Gasteiger partial charge in [-0.25, -0.2) is 0 Å². The van der Waals surface area contributed by atoms with Crippen molar-refractivity contribution in [3.8, 4) is 0 Å². The van der Waals surface area contributed by atoms with Crippen LogP contribution in [0.5, 0.6) is 0 Å². The van der Waals surface area contributed by atoms with E-state index in [1.807, 2.05) is 0 Å². The number of nitrogens with two attached hydrogens (primary N) is 1. The highest BCUT2D eigenvalue weighted by molar-refractivity contribution is 5.98.